The summed E-state index contributed by atoms with van der Waals surface area (Å²) in [4.78, 5) is 13.8. The molecule has 1 aliphatic heterocycles. The lowest BCUT2D eigenvalue weighted by atomic mass is 10.0. The molecule has 0 fully saturated rings. The fraction of sp³-hybridized carbons (Fsp3) is 0.235. The Labute approximate surface area is 127 Å². The number of nitrogens with zero attached hydrogens (tertiary/aromatic N) is 1. The van der Waals surface area contributed by atoms with Crippen molar-refractivity contribution in [3.8, 4) is 5.75 Å². The van der Waals surface area contributed by atoms with Crippen LogP contribution in [0.4, 0.5) is 4.39 Å². The largest absolute Gasteiger partial charge is 0.497 e. The van der Waals surface area contributed by atoms with Gasteiger partial charge in [-0.3, -0.25) is 4.79 Å². The Balaban J connectivity index is 1.93. The molecule has 1 aliphatic rings. The number of rotatable bonds is 3. The van der Waals surface area contributed by atoms with E-state index >= 15 is 0 Å². The number of hydrogen-bond acceptors (Lipinski definition) is 3. The monoisotopic (exact) mass is 301 g/mol. The summed E-state index contributed by atoms with van der Waals surface area (Å²) in [6.07, 6.45) is 0. The number of halogens is 1. The summed E-state index contributed by atoms with van der Waals surface area (Å²) in [7, 11) is 1.58. The maximum Gasteiger partial charge on any atom is 0.257 e. The van der Waals surface area contributed by atoms with Crippen LogP contribution in [-0.4, -0.2) is 23.0 Å². The van der Waals surface area contributed by atoms with Crippen molar-refractivity contribution in [2.24, 2.45) is 0 Å². The summed E-state index contributed by atoms with van der Waals surface area (Å²) < 4.78 is 18.5. The Morgan fingerprint density at radius 3 is 2.55 bits per heavy atom. The van der Waals surface area contributed by atoms with Gasteiger partial charge in [0.25, 0.3) is 5.91 Å². The predicted molar refractivity (Wildman–Crippen MR) is 78.8 cm³/mol. The normalized spacial score (nSPS) is 20.2. The summed E-state index contributed by atoms with van der Waals surface area (Å²) in [5.41, 5.74) is 0.0219. The van der Waals surface area contributed by atoms with E-state index in [0.717, 1.165) is 5.56 Å². The van der Waals surface area contributed by atoms with Gasteiger partial charge in [0.2, 0.25) is 0 Å². The number of hydrogen-bond donors (Lipinski definition) is 1. The van der Waals surface area contributed by atoms with Gasteiger partial charge in [0.1, 0.15) is 11.6 Å². The van der Waals surface area contributed by atoms with Gasteiger partial charge in [0.15, 0.2) is 5.72 Å². The molecule has 1 N–H and O–H groups in total. The average molecular weight is 301 g/mol. The minimum Gasteiger partial charge on any atom is -0.497 e. The zero-order valence-electron chi connectivity index (χ0n) is 12.3. The van der Waals surface area contributed by atoms with Crippen molar-refractivity contribution in [3.05, 3.63) is 65.0 Å². The molecule has 4 nitrogen and oxygen atoms in total. The van der Waals surface area contributed by atoms with Gasteiger partial charge >= 0.3 is 0 Å². The third kappa shape index (κ3) is 2.23. The Morgan fingerprint density at radius 1 is 1.23 bits per heavy atom. The molecule has 5 heteroatoms. The first kappa shape index (κ1) is 14.5. The minimum atomic E-state index is -1.46. The van der Waals surface area contributed by atoms with Crippen LogP contribution in [0.25, 0.3) is 0 Å². The van der Waals surface area contributed by atoms with Crippen molar-refractivity contribution < 1.29 is 19.0 Å². The number of carbonyl (C=O) groups is 1. The van der Waals surface area contributed by atoms with Gasteiger partial charge in [-0.1, -0.05) is 18.2 Å². The molecule has 3 rings (SSSR count). The highest BCUT2D eigenvalue weighted by Crippen LogP contribution is 2.38. The number of fused-ring (bicyclic) bond motifs is 1. The zero-order chi connectivity index (χ0) is 15.9. The summed E-state index contributed by atoms with van der Waals surface area (Å²) in [6, 6.07) is 11.1. The van der Waals surface area contributed by atoms with E-state index in [4.69, 9.17) is 4.74 Å². The van der Waals surface area contributed by atoms with Gasteiger partial charge in [0, 0.05) is 12.1 Å². The van der Waals surface area contributed by atoms with Crippen LogP contribution in [0.15, 0.2) is 42.5 Å². The summed E-state index contributed by atoms with van der Waals surface area (Å²) in [5, 5.41) is 10.7. The highest BCUT2D eigenvalue weighted by molar-refractivity contribution is 5.99. The maximum absolute atomic E-state index is 13.4. The Hall–Kier alpha value is -2.40. The van der Waals surface area contributed by atoms with E-state index in [1.807, 2.05) is 12.1 Å². The van der Waals surface area contributed by atoms with Crippen molar-refractivity contribution in [3.63, 3.8) is 0 Å². The first-order chi connectivity index (χ1) is 10.4. The van der Waals surface area contributed by atoms with E-state index in [1.54, 1.807) is 19.2 Å². The molecule has 22 heavy (non-hydrogen) atoms. The molecule has 2 aromatic carbocycles. The fourth-order valence-electron chi connectivity index (χ4n) is 2.73. The second kappa shape index (κ2) is 5.10. The molecule has 1 unspecified atom stereocenters. The molecule has 1 heterocycles. The van der Waals surface area contributed by atoms with E-state index in [1.165, 1.54) is 30.0 Å². The number of methoxy groups -OCH3 is 1. The van der Waals surface area contributed by atoms with Crippen LogP contribution in [0.5, 0.6) is 5.75 Å². The Bertz CT molecular complexity index is 725. The Kier molecular flexibility index (Phi) is 3.37. The molecule has 0 saturated carbocycles. The minimum absolute atomic E-state index is 0.207. The highest BCUT2D eigenvalue weighted by Gasteiger charge is 2.45. The first-order valence-electron chi connectivity index (χ1n) is 6.91. The molecule has 0 spiro atoms. The molecule has 0 saturated heterocycles. The topological polar surface area (TPSA) is 49.8 Å². The van der Waals surface area contributed by atoms with Gasteiger partial charge in [-0.25, -0.2) is 4.39 Å². The molecular weight excluding hydrogens is 285 g/mol. The molecule has 2 aromatic rings. The van der Waals surface area contributed by atoms with Crippen molar-refractivity contribution in [1.82, 2.24) is 4.90 Å². The molecule has 0 aromatic heterocycles. The lowest BCUT2D eigenvalue weighted by molar-refractivity contribution is -0.0727. The molecular formula is C17H16FNO3. The van der Waals surface area contributed by atoms with Crippen LogP contribution in [0.3, 0.4) is 0 Å². The molecule has 1 amide bonds. The number of aliphatic hydroxyl groups is 1. The number of benzene rings is 2. The summed E-state index contributed by atoms with van der Waals surface area (Å²) in [5.74, 6) is -0.155. The summed E-state index contributed by atoms with van der Waals surface area (Å²) in [6.45, 7) is 1.77. The number of ether oxygens (including phenoxy) is 1. The SMILES string of the molecule is COc1ccc(CN2C(=O)c3cc(F)ccc3C2(C)O)cc1. The average Bonchev–Trinajstić information content (AvgIpc) is 2.68. The van der Waals surface area contributed by atoms with Crippen molar-refractivity contribution >= 4 is 5.91 Å². The molecule has 1 atom stereocenters. The van der Waals surface area contributed by atoms with E-state index in [0.29, 0.717) is 11.3 Å². The van der Waals surface area contributed by atoms with Crippen LogP contribution in [0.1, 0.15) is 28.4 Å². The predicted octanol–water partition coefficient (Wildman–Crippen LogP) is 2.66. The van der Waals surface area contributed by atoms with Crippen LogP contribution in [0.2, 0.25) is 0 Å². The molecule has 0 bridgehead atoms. The third-order valence-corrected chi connectivity index (χ3v) is 3.99. The zero-order valence-corrected chi connectivity index (χ0v) is 12.3. The van der Waals surface area contributed by atoms with Crippen LogP contribution in [0, 0.1) is 5.82 Å². The van der Waals surface area contributed by atoms with Gasteiger partial charge < -0.3 is 14.7 Å². The number of carbonyl (C=O) groups excluding carboxylic acids is 1. The van der Waals surface area contributed by atoms with Crippen LogP contribution < -0.4 is 4.74 Å². The van der Waals surface area contributed by atoms with Gasteiger partial charge in [0.05, 0.1) is 12.7 Å². The van der Waals surface area contributed by atoms with Crippen molar-refractivity contribution in [2.75, 3.05) is 7.11 Å². The quantitative estimate of drug-likeness (QED) is 0.948. The second-order valence-electron chi connectivity index (χ2n) is 5.45. The van der Waals surface area contributed by atoms with E-state index in [-0.39, 0.29) is 18.0 Å². The van der Waals surface area contributed by atoms with Crippen molar-refractivity contribution in [1.29, 1.82) is 0 Å². The van der Waals surface area contributed by atoms with Gasteiger partial charge in [-0.2, -0.15) is 0 Å². The first-order valence-corrected chi connectivity index (χ1v) is 6.91. The lowest BCUT2D eigenvalue weighted by Gasteiger charge is -2.31. The standard InChI is InChI=1S/C17H16FNO3/c1-17(21)15-8-5-12(18)9-14(15)16(20)19(17)10-11-3-6-13(22-2)7-4-11/h3-9,21H,10H2,1-2H3. The van der Waals surface area contributed by atoms with Gasteiger partial charge in [-0.05, 0) is 36.8 Å². The molecule has 0 aliphatic carbocycles. The summed E-state index contributed by atoms with van der Waals surface area (Å²) >= 11 is 0. The van der Waals surface area contributed by atoms with Crippen LogP contribution in [-0.2, 0) is 12.3 Å². The molecule has 114 valence electrons. The molecule has 0 radical (unpaired) electrons. The van der Waals surface area contributed by atoms with Gasteiger partial charge in [-0.15, -0.1) is 0 Å². The highest BCUT2D eigenvalue weighted by atomic mass is 19.1. The van der Waals surface area contributed by atoms with E-state index in [9.17, 15) is 14.3 Å². The number of amides is 1. The maximum atomic E-state index is 13.4. The Morgan fingerprint density at radius 2 is 1.91 bits per heavy atom. The van der Waals surface area contributed by atoms with E-state index in [2.05, 4.69) is 0 Å². The fourth-order valence-corrected chi connectivity index (χ4v) is 2.73. The van der Waals surface area contributed by atoms with E-state index < -0.39 is 11.5 Å². The van der Waals surface area contributed by atoms with Crippen molar-refractivity contribution in [2.45, 2.75) is 19.2 Å². The lowest BCUT2D eigenvalue weighted by Crippen LogP contribution is -2.40. The third-order valence-electron chi connectivity index (χ3n) is 3.99. The van der Waals surface area contributed by atoms with Crippen LogP contribution >= 0.6 is 0 Å². The second-order valence-corrected chi connectivity index (χ2v) is 5.45. The smallest absolute Gasteiger partial charge is 0.257 e.